The summed E-state index contributed by atoms with van der Waals surface area (Å²) in [6, 6.07) is 0. The lowest BCUT2D eigenvalue weighted by Crippen LogP contribution is -2.37. The third-order valence-corrected chi connectivity index (χ3v) is 0.906. The average Bonchev–Trinajstić information content (AvgIpc) is 1.81. The van der Waals surface area contributed by atoms with E-state index >= 15 is 0 Å². The second kappa shape index (κ2) is 4.78. The van der Waals surface area contributed by atoms with E-state index in [9.17, 15) is 13.2 Å². The van der Waals surface area contributed by atoms with Gasteiger partial charge in [0, 0.05) is 5.54 Å². The molecule has 13 heavy (non-hydrogen) atoms. The van der Waals surface area contributed by atoms with Gasteiger partial charge in [0.1, 0.15) is 13.4 Å². The molecular formula is C7H14F3NO2. The van der Waals surface area contributed by atoms with Crippen LogP contribution in [0.4, 0.5) is 13.2 Å². The second-order valence-electron chi connectivity index (χ2n) is 3.42. The van der Waals surface area contributed by atoms with Crippen LogP contribution in [0, 0.1) is 0 Å². The zero-order valence-electron chi connectivity index (χ0n) is 7.65. The summed E-state index contributed by atoms with van der Waals surface area (Å²) in [5, 5.41) is 0. The molecule has 6 heteroatoms. The molecule has 3 nitrogen and oxygen atoms in total. The van der Waals surface area contributed by atoms with Gasteiger partial charge < -0.3 is 15.2 Å². The van der Waals surface area contributed by atoms with Crippen molar-refractivity contribution in [1.82, 2.24) is 0 Å². The van der Waals surface area contributed by atoms with E-state index in [1.807, 2.05) is 0 Å². The first-order valence-corrected chi connectivity index (χ1v) is 3.72. The maximum absolute atomic E-state index is 11.5. The lowest BCUT2D eigenvalue weighted by Gasteiger charge is -2.18. The van der Waals surface area contributed by atoms with Crippen LogP contribution in [-0.4, -0.2) is 31.7 Å². The Labute approximate surface area is 75.0 Å². The van der Waals surface area contributed by atoms with Gasteiger partial charge in [0.15, 0.2) is 0 Å². The molecule has 0 aliphatic carbocycles. The largest absolute Gasteiger partial charge is 0.411 e. The summed E-state index contributed by atoms with van der Waals surface area (Å²) in [6.07, 6.45) is -4.30. The lowest BCUT2D eigenvalue weighted by molar-refractivity contribution is -0.198. The molecular weight excluding hydrogens is 187 g/mol. The summed E-state index contributed by atoms with van der Waals surface area (Å²) in [6.45, 7) is 1.89. The molecule has 0 spiro atoms. The van der Waals surface area contributed by atoms with Gasteiger partial charge in [-0.3, -0.25) is 0 Å². The highest BCUT2D eigenvalue weighted by atomic mass is 19.4. The van der Waals surface area contributed by atoms with Crippen molar-refractivity contribution >= 4 is 0 Å². The summed E-state index contributed by atoms with van der Waals surface area (Å²) < 4.78 is 43.5. The predicted molar refractivity (Wildman–Crippen MR) is 41.1 cm³/mol. The van der Waals surface area contributed by atoms with Crippen LogP contribution in [0.1, 0.15) is 13.8 Å². The Hall–Kier alpha value is -0.330. The zero-order valence-corrected chi connectivity index (χ0v) is 7.65. The molecule has 0 bridgehead atoms. The number of alkyl halides is 3. The Morgan fingerprint density at radius 1 is 1.08 bits per heavy atom. The maximum Gasteiger partial charge on any atom is 0.411 e. The molecule has 0 heterocycles. The summed E-state index contributed by atoms with van der Waals surface area (Å²) in [5.74, 6) is 0. The first-order chi connectivity index (χ1) is 5.71. The van der Waals surface area contributed by atoms with Gasteiger partial charge in [-0.25, -0.2) is 0 Å². The van der Waals surface area contributed by atoms with Gasteiger partial charge in [-0.2, -0.15) is 13.2 Å². The Balaban J connectivity index is 3.28. The van der Waals surface area contributed by atoms with Gasteiger partial charge in [-0.05, 0) is 13.8 Å². The van der Waals surface area contributed by atoms with E-state index in [2.05, 4.69) is 4.74 Å². The molecule has 0 unspecified atom stereocenters. The summed E-state index contributed by atoms with van der Waals surface area (Å²) in [7, 11) is 0. The van der Waals surface area contributed by atoms with Crippen molar-refractivity contribution in [3.05, 3.63) is 0 Å². The number of rotatable bonds is 5. The highest BCUT2D eigenvalue weighted by molar-refractivity contribution is 4.69. The molecule has 0 aliphatic rings. The highest BCUT2D eigenvalue weighted by Crippen LogP contribution is 2.14. The summed E-state index contributed by atoms with van der Waals surface area (Å²) >= 11 is 0. The standard InChI is InChI=1S/C7H14F3NO2/c1-6(2,11)3-12-5-13-4-7(8,9)10/h3-5,11H2,1-2H3. The molecule has 0 amide bonds. The van der Waals surface area contributed by atoms with Crippen LogP contribution in [0.15, 0.2) is 0 Å². The Kier molecular flexibility index (Phi) is 4.66. The van der Waals surface area contributed by atoms with E-state index in [0.29, 0.717) is 0 Å². The molecule has 0 saturated carbocycles. The lowest BCUT2D eigenvalue weighted by atomic mass is 10.1. The molecule has 0 aromatic heterocycles. The van der Waals surface area contributed by atoms with Crippen molar-refractivity contribution in [2.45, 2.75) is 25.6 Å². The molecule has 0 saturated heterocycles. The fraction of sp³-hybridized carbons (Fsp3) is 1.00. The average molecular weight is 201 g/mol. The molecule has 80 valence electrons. The molecule has 0 aromatic carbocycles. The molecule has 0 rings (SSSR count). The van der Waals surface area contributed by atoms with Gasteiger partial charge in [0.2, 0.25) is 0 Å². The van der Waals surface area contributed by atoms with Crippen molar-refractivity contribution < 1.29 is 22.6 Å². The van der Waals surface area contributed by atoms with Gasteiger partial charge in [0.25, 0.3) is 0 Å². The van der Waals surface area contributed by atoms with Crippen molar-refractivity contribution in [3.8, 4) is 0 Å². The second-order valence-corrected chi connectivity index (χ2v) is 3.42. The van der Waals surface area contributed by atoms with E-state index in [4.69, 9.17) is 10.5 Å². The molecule has 0 aromatic rings. The highest BCUT2D eigenvalue weighted by Gasteiger charge is 2.27. The number of hydrogen-bond acceptors (Lipinski definition) is 3. The quantitative estimate of drug-likeness (QED) is 0.538. The third-order valence-electron chi connectivity index (χ3n) is 0.906. The number of hydrogen-bond donors (Lipinski definition) is 1. The van der Waals surface area contributed by atoms with Crippen molar-refractivity contribution in [3.63, 3.8) is 0 Å². The Morgan fingerprint density at radius 3 is 1.92 bits per heavy atom. The minimum absolute atomic E-state index is 0.158. The van der Waals surface area contributed by atoms with Crippen LogP contribution < -0.4 is 5.73 Å². The van der Waals surface area contributed by atoms with Gasteiger partial charge in [-0.1, -0.05) is 0 Å². The Bertz CT molecular complexity index is 126. The van der Waals surface area contributed by atoms with Crippen LogP contribution in [0.5, 0.6) is 0 Å². The van der Waals surface area contributed by atoms with Crippen LogP contribution in [0.2, 0.25) is 0 Å². The maximum atomic E-state index is 11.5. The minimum atomic E-state index is -4.30. The van der Waals surface area contributed by atoms with E-state index in [-0.39, 0.29) is 13.4 Å². The first kappa shape index (κ1) is 12.7. The minimum Gasteiger partial charge on any atom is -0.354 e. The molecule has 0 radical (unpaired) electrons. The fourth-order valence-corrected chi connectivity index (χ4v) is 0.521. The number of halogens is 3. The molecule has 0 atom stereocenters. The zero-order chi connectivity index (χ0) is 10.5. The number of nitrogens with two attached hydrogens (primary N) is 1. The Morgan fingerprint density at radius 2 is 1.54 bits per heavy atom. The molecule has 0 fully saturated rings. The van der Waals surface area contributed by atoms with Crippen LogP contribution in [0.3, 0.4) is 0 Å². The van der Waals surface area contributed by atoms with Crippen LogP contribution >= 0.6 is 0 Å². The van der Waals surface area contributed by atoms with E-state index < -0.39 is 18.3 Å². The fourth-order valence-electron chi connectivity index (χ4n) is 0.521. The predicted octanol–water partition coefficient (Wildman–Crippen LogP) is 1.28. The van der Waals surface area contributed by atoms with Gasteiger partial charge >= 0.3 is 6.18 Å². The van der Waals surface area contributed by atoms with Crippen LogP contribution in [-0.2, 0) is 9.47 Å². The van der Waals surface area contributed by atoms with Gasteiger partial charge in [0.05, 0.1) is 6.61 Å². The summed E-state index contributed by atoms with van der Waals surface area (Å²) in [5.41, 5.74) is 4.95. The summed E-state index contributed by atoms with van der Waals surface area (Å²) in [4.78, 5) is 0. The first-order valence-electron chi connectivity index (χ1n) is 3.72. The van der Waals surface area contributed by atoms with Crippen LogP contribution in [0.25, 0.3) is 0 Å². The molecule has 0 aliphatic heterocycles. The third kappa shape index (κ3) is 11.7. The van der Waals surface area contributed by atoms with Gasteiger partial charge in [-0.15, -0.1) is 0 Å². The monoisotopic (exact) mass is 201 g/mol. The van der Waals surface area contributed by atoms with Crippen molar-refractivity contribution in [2.75, 3.05) is 20.0 Å². The number of ether oxygens (including phenoxy) is 2. The normalized spacial score (nSPS) is 13.4. The van der Waals surface area contributed by atoms with E-state index in [0.717, 1.165) is 0 Å². The van der Waals surface area contributed by atoms with E-state index in [1.54, 1.807) is 13.8 Å². The van der Waals surface area contributed by atoms with E-state index in [1.165, 1.54) is 0 Å². The molecule has 2 N–H and O–H groups in total. The topological polar surface area (TPSA) is 44.5 Å². The van der Waals surface area contributed by atoms with Crippen molar-refractivity contribution in [1.29, 1.82) is 0 Å². The SMILES string of the molecule is CC(C)(N)COCOCC(F)(F)F. The smallest absolute Gasteiger partial charge is 0.354 e. The van der Waals surface area contributed by atoms with Crippen molar-refractivity contribution in [2.24, 2.45) is 5.73 Å².